The third-order valence-corrected chi connectivity index (χ3v) is 16.6. The Hall–Kier alpha value is -1.20. The summed E-state index contributed by atoms with van der Waals surface area (Å²) >= 11 is 8.42. The van der Waals surface area contributed by atoms with Crippen molar-refractivity contribution in [1.82, 2.24) is 0 Å². The van der Waals surface area contributed by atoms with Crippen LogP contribution in [0.4, 0.5) is 0 Å². The van der Waals surface area contributed by atoms with Gasteiger partial charge in [0.15, 0.2) is 0 Å². The largest absolute Gasteiger partial charge is 0.139 e. The van der Waals surface area contributed by atoms with Crippen molar-refractivity contribution in [2.24, 2.45) is 0 Å². The van der Waals surface area contributed by atoms with Gasteiger partial charge in [0.25, 0.3) is 0 Å². The minimum absolute atomic E-state index is 0.180. The van der Waals surface area contributed by atoms with Gasteiger partial charge in [-0.3, -0.25) is 0 Å². The fourth-order valence-corrected chi connectivity index (χ4v) is 12.8. The van der Waals surface area contributed by atoms with Crippen LogP contribution in [0.15, 0.2) is 24.3 Å². The first-order valence-corrected chi connectivity index (χ1v) is 24.7. The van der Waals surface area contributed by atoms with Crippen LogP contribution < -0.4 is 0 Å². The van der Waals surface area contributed by atoms with Crippen LogP contribution >= 0.6 is 45.3 Å². The molecule has 52 heavy (non-hydrogen) atoms. The third kappa shape index (κ3) is 12.4. The van der Waals surface area contributed by atoms with Crippen molar-refractivity contribution in [3.63, 3.8) is 0 Å². The van der Waals surface area contributed by atoms with Crippen LogP contribution in [0.3, 0.4) is 0 Å². The van der Waals surface area contributed by atoms with Gasteiger partial charge in [-0.2, -0.15) is 0 Å². The van der Waals surface area contributed by atoms with Gasteiger partial charge >= 0.3 is 0 Å². The van der Waals surface area contributed by atoms with Crippen molar-refractivity contribution in [3.05, 3.63) is 56.3 Å². The zero-order chi connectivity index (χ0) is 37.7. The molecule has 0 bridgehead atoms. The van der Waals surface area contributed by atoms with E-state index in [1.54, 1.807) is 41.8 Å². The van der Waals surface area contributed by atoms with Crippen LogP contribution in [0.25, 0.3) is 29.3 Å². The quantitative estimate of drug-likeness (QED) is 0.0658. The van der Waals surface area contributed by atoms with Crippen LogP contribution in [0.5, 0.6) is 0 Å². The average Bonchev–Trinajstić information content (AvgIpc) is 3.89. The van der Waals surface area contributed by atoms with E-state index in [4.69, 9.17) is 0 Å². The van der Waals surface area contributed by atoms with Crippen LogP contribution in [0.1, 0.15) is 204 Å². The van der Waals surface area contributed by atoms with Crippen LogP contribution in [-0.2, 0) is 36.5 Å². The summed E-state index contributed by atoms with van der Waals surface area (Å²) in [6.45, 7) is 23.8. The highest BCUT2D eigenvalue weighted by molar-refractivity contribution is 7.28. The standard InChI is InChI=1S/C48H74S4/c1-11-15-19-23-27-35-32-40(45-37(29-25-21-17-13-3)34-42(52-45)47(5,6)7)50-43(35)39-31-36(28-24-20-16-12-2)44(49-39)41-33-38(30-26-22-18-14-4)46(51-41)48(8,9)10/h31-34H,11-30H2,1-10H3. The van der Waals surface area contributed by atoms with Crippen LogP contribution in [-0.4, -0.2) is 0 Å². The summed E-state index contributed by atoms with van der Waals surface area (Å²) < 4.78 is 0. The van der Waals surface area contributed by atoms with Crippen molar-refractivity contribution in [2.75, 3.05) is 0 Å². The molecule has 0 aliphatic rings. The predicted molar refractivity (Wildman–Crippen MR) is 243 cm³/mol. The summed E-state index contributed by atoms with van der Waals surface area (Å²) in [5.41, 5.74) is 6.77. The zero-order valence-corrected chi connectivity index (χ0v) is 38.4. The molecule has 0 aliphatic carbocycles. The third-order valence-electron chi connectivity index (χ3n) is 10.5. The molecule has 4 heterocycles. The van der Waals surface area contributed by atoms with Gasteiger partial charge in [-0.25, -0.2) is 0 Å². The van der Waals surface area contributed by atoms with Crippen molar-refractivity contribution in [2.45, 2.75) is 208 Å². The summed E-state index contributed by atoms with van der Waals surface area (Å²) in [6.07, 6.45) is 26.0. The molecule has 0 amide bonds. The van der Waals surface area contributed by atoms with Gasteiger partial charge in [0, 0.05) is 39.0 Å². The highest BCUT2D eigenvalue weighted by atomic mass is 32.1. The van der Waals surface area contributed by atoms with Gasteiger partial charge < -0.3 is 0 Å². The molecule has 0 N–H and O–H groups in total. The average molecular weight is 779 g/mol. The topological polar surface area (TPSA) is 0 Å². The van der Waals surface area contributed by atoms with Crippen LogP contribution in [0, 0.1) is 0 Å². The summed E-state index contributed by atoms with van der Waals surface area (Å²) in [5, 5.41) is 0. The molecule has 0 nitrogen and oxygen atoms in total. The summed E-state index contributed by atoms with van der Waals surface area (Å²) in [6, 6.07) is 10.5. The Kier molecular flexibility index (Phi) is 17.7. The molecule has 4 aromatic rings. The Bertz CT molecular complexity index is 1600. The summed E-state index contributed by atoms with van der Waals surface area (Å²) in [4.78, 5) is 12.4. The van der Waals surface area contributed by atoms with Gasteiger partial charge in [-0.1, -0.05) is 146 Å². The number of hydrogen-bond acceptors (Lipinski definition) is 4. The molecule has 290 valence electrons. The first-order valence-electron chi connectivity index (χ1n) is 21.4. The van der Waals surface area contributed by atoms with Gasteiger partial charge in [0.1, 0.15) is 0 Å². The van der Waals surface area contributed by atoms with Crippen LogP contribution in [0.2, 0.25) is 0 Å². The number of thiophene rings is 4. The van der Waals surface area contributed by atoms with E-state index in [-0.39, 0.29) is 10.8 Å². The molecule has 0 radical (unpaired) electrons. The summed E-state index contributed by atoms with van der Waals surface area (Å²) in [5.74, 6) is 0. The van der Waals surface area contributed by atoms with E-state index in [9.17, 15) is 0 Å². The summed E-state index contributed by atoms with van der Waals surface area (Å²) in [7, 11) is 0. The SMILES string of the molecule is CCCCCCc1cc(-c2sc(C(C)(C)C)cc2CCCCCC)sc1-c1cc(CCCCCC)c(-c2cc(CCCCCC)c(C(C)(C)C)s2)s1. The molecule has 0 atom stereocenters. The second-order valence-electron chi connectivity index (χ2n) is 17.6. The Morgan fingerprint density at radius 3 is 1.10 bits per heavy atom. The highest BCUT2D eigenvalue weighted by Crippen LogP contribution is 2.50. The smallest absolute Gasteiger partial charge is 0.0481 e. The van der Waals surface area contributed by atoms with Crippen molar-refractivity contribution in [1.29, 1.82) is 0 Å². The Morgan fingerprint density at radius 1 is 0.365 bits per heavy atom. The molecule has 4 rings (SSSR count). The molecule has 0 saturated heterocycles. The van der Waals surface area contributed by atoms with E-state index in [0.717, 1.165) is 0 Å². The number of aryl methyl sites for hydroxylation is 4. The number of unbranched alkanes of at least 4 members (excludes halogenated alkanes) is 12. The fraction of sp³-hybridized carbons (Fsp3) is 0.667. The second-order valence-corrected chi connectivity index (χ2v) is 21.8. The van der Waals surface area contributed by atoms with E-state index < -0.39 is 0 Å². The predicted octanol–water partition coefficient (Wildman–Crippen LogP) is 18.0. The lowest BCUT2D eigenvalue weighted by molar-refractivity contribution is 0.590. The lowest BCUT2D eigenvalue weighted by Crippen LogP contribution is -2.11. The van der Waals surface area contributed by atoms with E-state index in [0.29, 0.717) is 0 Å². The van der Waals surface area contributed by atoms with E-state index in [1.807, 2.05) is 0 Å². The molecule has 0 spiro atoms. The normalized spacial score (nSPS) is 12.4. The van der Waals surface area contributed by atoms with E-state index in [1.165, 1.54) is 148 Å². The molecule has 4 heteroatoms. The van der Waals surface area contributed by atoms with Gasteiger partial charge in [0.2, 0.25) is 0 Å². The van der Waals surface area contributed by atoms with E-state index >= 15 is 0 Å². The first-order chi connectivity index (χ1) is 24.9. The Labute approximate surface area is 337 Å². The van der Waals surface area contributed by atoms with Crippen molar-refractivity contribution in [3.8, 4) is 29.3 Å². The minimum atomic E-state index is 0.180. The molecule has 0 saturated carbocycles. The van der Waals surface area contributed by atoms with Gasteiger partial charge in [-0.05, 0) is 109 Å². The Morgan fingerprint density at radius 2 is 0.712 bits per heavy atom. The zero-order valence-electron chi connectivity index (χ0n) is 35.1. The monoisotopic (exact) mass is 778 g/mol. The molecule has 0 aromatic carbocycles. The molecule has 4 aromatic heterocycles. The second kappa shape index (κ2) is 21.2. The maximum Gasteiger partial charge on any atom is 0.0481 e. The molecule has 0 fully saturated rings. The minimum Gasteiger partial charge on any atom is -0.139 e. The number of rotatable bonds is 23. The molecular weight excluding hydrogens is 705 g/mol. The molecule has 0 unspecified atom stereocenters. The molecular formula is C48H74S4. The maximum atomic E-state index is 2.65. The van der Waals surface area contributed by atoms with Gasteiger partial charge in [0.05, 0.1) is 0 Å². The first kappa shape index (κ1) is 43.5. The van der Waals surface area contributed by atoms with E-state index in [2.05, 4.69) is 139 Å². The number of hydrogen-bond donors (Lipinski definition) is 0. The van der Waals surface area contributed by atoms with Crippen molar-refractivity contribution >= 4 is 45.3 Å². The van der Waals surface area contributed by atoms with Crippen molar-refractivity contribution < 1.29 is 0 Å². The molecule has 0 aliphatic heterocycles. The highest BCUT2D eigenvalue weighted by Gasteiger charge is 2.26. The fourth-order valence-electron chi connectivity index (χ4n) is 7.39. The maximum absolute atomic E-state index is 2.65. The lowest BCUT2D eigenvalue weighted by atomic mass is 9.90. The Balaban J connectivity index is 1.81. The lowest BCUT2D eigenvalue weighted by Gasteiger charge is -2.19. The van der Waals surface area contributed by atoms with Gasteiger partial charge in [-0.15, -0.1) is 45.3 Å².